The topological polar surface area (TPSA) is 54.4 Å². The lowest BCUT2D eigenvalue weighted by Gasteiger charge is -2.05. The third-order valence-corrected chi connectivity index (χ3v) is 4.98. The van der Waals surface area contributed by atoms with E-state index in [4.69, 9.17) is 5.11 Å². The van der Waals surface area contributed by atoms with Gasteiger partial charge in [0, 0.05) is 12.2 Å². The molecule has 0 spiro atoms. The first-order valence-electron chi connectivity index (χ1n) is 4.69. The highest BCUT2D eigenvalue weighted by atomic mass is 32.2. The molecule has 2 rings (SSSR count). The fourth-order valence-corrected chi connectivity index (χ4v) is 3.88. The predicted octanol–water partition coefficient (Wildman–Crippen LogP) is 0.907. The molecule has 0 saturated carbocycles. The van der Waals surface area contributed by atoms with E-state index in [-0.39, 0.29) is 29.9 Å². The standard InChI is InChI=1S/C10H11FO3S/c11-9-2-1-3-10-8(9)6-7(4-5-12)15(10,13)14/h1-3,7,12H,4-6H2. The second-order valence-corrected chi connectivity index (χ2v) is 5.80. The Labute approximate surface area is 87.5 Å². The van der Waals surface area contributed by atoms with Gasteiger partial charge in [-0.05, 0) is 25.0 Å². The molecule has 0 amide bonds. The second kappa shape index (κ2) is 3.57. The largest absolute Gasteiger partial charge is 0.396 e. The molecule has 1 aromatic rings. The van der Waals surface area contributed by atoms with Gasteiger partial charge >= 0.3 is 0 Å². The van der Waals surface area contributed by atoms with Crippen molar-refractivity contribution in [3.8, 4) is 0 Å². The van der Waals surface area contributed by atoms with E-state index >= 15 is 0 Å². The number of aliphatic hydroxyl groups is 1. The van der Waals surface area contributed by atoms with Crippen LogP contribution in [0.1, 0.15) is 12.0 Å². The number of benzene rings is 1. The maximum absolute atomic E-state index is 13.3. The first-order chi connectivity index (χ1) is 7.07. The van der Waals surface area contributed by atoms with Crippen molar-refractivity contribution in [2.75, 3.05) is 6.61 Å². The molecule has 1 aliphatic rings. The van der Waals surface area contributed by atoms with E-state index in [2.05, 4.69) is 0 Å². The van der Waals surface area contributed by atoms with Gasteiger partial charge in [-0.25, -0.2) is 12.8 Å². The Morgan fingerprint density at radius 3 is 2.80 bits per heavy atom. The Hall–Kier alpha value is -0.940. The minimum Gasteiger partial charge on any atom is -0.396 e. The zero-order valence-electron chi connectivity index (χ0n) is 7.98. The van der Waals surface area contributed by atoms with Crippen LogP contribution in [0.15, 0.2) is 23.1 Å². The summed E-state index contributed by atoms with van der Waals surface area (Å²) in [5.74, 6) is -0.475. The molecule has 0 aliphatic carbocycles. The quantitative estimate of drug-likeness (QED) is 0.821. The van der Waals surface area contributed by atoms with E-state index in [0.717, 1.165) is 0 Å². The van der Waals surface area contributed by atoms with Crippen LogP contribution in [0.4, 0.5) is 4.39 Å². The van der Waals surface area contributed by atoms with E-state index in [0.29, 0.717) is 0 Å². The average molecular weight is 230 g/mol. The third kappa shape index (κ3) is 1.55. The zero-order valence-corrected chi connectivity index (χ0v) is 8.80. The van der Waals surface area contributed by atoms with Crippen LogP contribution in [0.25, 0.3) is 0 Å². The Morgan fingerprint density at radius 2 is 2.20 bits per heavy atom. The SMILES string of the molecule is O=S1(=O)c2cccc(F)c2CC1CCO. The lowest BCUT2D eigenvalue weighted by molar-refractivity contribution is 0.285. The van der Waals surface area contributed by atoms with Crippen molar-refractivity contribution in [1.82, 2.24) is 0 Å². The van der Waals surface area contributed by atoms with E-state index in [1.165, 1.54) is 18.2 Å². The Morgan fingerprint density at radius 1 is 1.47 bits per heavy atom. The number of fused-ring (bicyclic) bond motifs is 1. The van der Waals surface area contributed by atoms with Gasteiger partial charge in [0.2, 0.25) is 0 Å². The first-order valence-corrected chi connectivity index (χ1v) is 6.24. The van der Waals surface area contributed by atoms with E-state index in [9.17, 15) is 12.8 Å². The van der Waals surface area contributed by atoms with E-state index in [1.807, 2.05) is 0 Å². The van der Waals surface area contributed by atoms with Crippen molar-refractivity contribution in [3.63, 3.8) is 0 Å². The molecule has 82 valence electrons. The van der Waals surface area contributed by atoms with Crippen LogP contribution in [0.3, 0.4) is 0 Å². The van der Waals surface area contributed by atoms with Crippen LogP contribution in [-0.4, -0.2) is 25.4 Å². The molecule has 0 bridgehead atoms. The van der Waals surface area contributed by atoms with Crippen molar-refractivity contribution < 1.29 is 17.9 Å². The summed E-state index contributed by atoms with van der Waals surface area (Å²) in [6, 6.07) is 4.08. The van der Waals surface area contributed by atoms with Crippen LogP contribution in [0.5, 0.6) is 0 Å². The molecule has 1 N–H and O–H groups in total. The van der Waals surface area contributed by atoms with Crippen LogP contribution in [-0.2, 0) is 16.3 Å². The molecule has 5 heteroatoms. The minimum absolute atomic E-state index is 0.0842. The molecule has 0 fully saturated rings. The summed E-state index contributed by atoms with van der Waals surface area (Å²) >= 11 is 0. The summed E-state index contributed by atoms with van der Waals surface area (Å²) in [5.41, 5.74) is 0.260. The van der Waals surface area contributed by atoms with Gasteiger partial charge in [-0.15, -0.1) is 0 Å². The van der Waals surface area contributed by atoms with Crippen molar-refractivity contribution >= 4 is 9.84 Å². The summed E-state index contributed by atoms with van der Waals surface area (Å²) in [6.45, 7) is -0.195. The van der Waals surface area contributed by atoms with Crippen LogP contribution in [0, 0.1) is 5.82 Å². The smallest absolute Gasteiger partial charge is 0.182 e. The fourth-order valence-electron chi connectivity index (χ4n) is 1.92. The van der Waals surface area contributed by atoms with Crippen LogP contribution < -0.4 is 0 Å². The van der Waals surface area contributed by atoms with Gasteiger partial charge in [0.15, 0.2) is 9.84 Å². The number of aliphatic hydroxyl groups excluding tert-OH is 1. The maximum atomic E-state index is 13.3. The van der Waals surface area contributed by atoms with Gasteiger partial charge < -0.3 is 5.11 Å². The second-order valence-electron chi connectivity index (χ2n) is 3.60. The molecule has 1 aromatic carbocycles. The number of hydrogen-bond donors (Lipinski definition) is 1. The molecule has 0 radical (unpaired) electrons. The van der Waals surface area contributed by atoms with Gasteiger partial charge in [0.1, 0.15) is 5.82 Å². The summed E-state index contributed by atoms with van der Waals surface area (Å²) < 4.78 is 37.0. The lowest BCUT2D eigenvalue weighted by Crippen LogP contribution is -2.18. The van der Waals surface area contributed by atoms with E-state index < -0.39 is 20.9 Å². The maximum Gasteiger partial charge on any atom is 0.182 e. The number of hydrogen-bond acceptors (Lipinski definition) is 3. The summed E-state index contributed by atoms with van der Waals surface area (Å²) in [5, 5.41) is 8.08. The van der Waals surface area contributed by atoms with Crippen LogP contribution in [0.2, 0.25) is 0 Å². The number of halogens is 1. The molecular formula is C10H11FO3S. The Balaban J connectivity index is 2.52. The lowest BCUT2D eigenvalue weighted by atomic mass is 10.1. The molecule has 1 heterocycles. The Kier molecular flexibility index (Phi) is 2.52. The normalized spacial score (nSPS) is 22.7. The highest BCUT2D eigenvalue weighted by molar-refractivity contribution is 7.92. The molecule has 1 aliphatic heterocycles. The molecular weight excluding hydrogens is 219 g/mol. The molecule has 1 unspecified atom stereocenters. The van der Waals surface area contributed by atoms with Crippen molar-refractivity contribution in [3.05, 3.63) is 29.6 Å². The monoisotopic (exact) mass is 230 g/mol. The number of rotatable bonds is 2. The van der Waals surface area contributed by atoms with Gasteiger partial charge in [0.05, 0.1) is 10.1 Å². The molecule has 1 atom stereocenters. The third-order valence-electron chi connectivity index (χ3n) is 2.70. The molecule has 0 aromatic heterocycles. The van der Waals surface area contributed by atoms with Gasteiger partial charge in [-0.1, -0.05) is 6.07 Å². The van der Waals surface area contributed by atoms with Gasteiger partial charge in [-0.2, -0.15) is 0 Å². The predicted molar refractivity (Wildman–Crippen MR) is 52.8 cm³/mol. The molecule has 15 heavy (non-hydrogen) atoms. The summed E-state index contributed by atoms with van der Waals surface area (Å²) in [7, 11) is -3.43. The van der Waals surface area contributed by atoms with Crippen molar-refractivity contribution in [1.29, 1.82) is 0 Å². The summed E-state index contributed by atoms with van der Waals surface area (Å²) in [6.07, 6.45) is 0.335. The van der Waals surface area contributed by atoms with Crippen molar-refractivity contribution in [2.45, 2.75) is 23.0 Å². The fraction of sp³-hybridized carbons (Fsp3) is 0.400. The highest BCUT2D eigenvalue weighted by Gasteiger charge is 2.37. The average Bonchev–Trinajstić information content (AvgIpc) is 2.43. The first kappa shape index (κ1) is 10.6. The minimum atomic E-state index is -3.43. The van der Waals surface area contributed by atoms with Crippen molar-refractivity contribution in [2.24, 2.45) is 0 Å². The Bertz CT molecular complexity index is 481. The van der Waals surface area contributed by atoms with E-state index in [1.54, 1.807) is 0 Å². The summed E-state index contributed by atoms with van der Waals surface area (Å²) in [4.78, 5) is 0.0842. The van der Waals surface area contributed by atoms with Crippen LogP contribution >= 0.6 is 0 Å². The molecule has 3 nitrogen and oxygen atoms in total. The molecule has 0 saturated heterocycles. The van der Waals surface area contributed by atoms with Gasteiger partial charge in [0.25, 0.3) is 0 Å². The number of sulfone groups is 1. The zero-order chi connectivity index (χ0) is 11.1. The highest BCUT2D eigenvalue weighted by Crippen LogP contribution is 2.33. The van der Waals surface area contributed by atoms with Gasteiger partial charge in [-0.3, -0.25) is 0 Å².